The van der Waals surface area contributed by atoms with Gasteiger partial charge in [-0.25, -0.2) is 4.98 Å². The molecule has 31 heavy (non-hydrogen) atoms. The fourth-order valence-corrected chi connectivity index (χ4v) is 4.11. The Balaban J connectivity index is 1.82. The molecule has 0 radical (unpaired) electrons. The lowest BCUT2D eigenvalue weighted by Gasteiger charge is -2.12. The monoisotopic (exact) mass is 470 g/mol. The first-order chi connectivity index (χ1) is 15.0. The van der Waals surface area contributed by atoms with Crippen LogP contribution in [-0.4, -0.2) is 9.97 Å². The van der Waals surface area contributed by atoms with Gasteiger partial charge in [0.1, 0.15) is 21.6 Å². The molecule has 0 saturated carbocycles. The third kappa shape index (κ3) is 3.51. The lowest BCUT2D eigenvalue weighted by molar-refractivity contribution is 0.578. The van der Waals surface area contributed by atoms with Gasteiger partial charge >= 0.3 is 0 Å². The van der Waals surface area contributed by atoms with Crippen molar-refractivity contribution in [3.05, 3.63) is 98.6 Å². The zero-order chi connectivity index (χ0) is 21.5. The molecule has 2 heterocycles. The van der Waals surface area contributed by atoms with Crippen molar-refractivity contribution in [3.63, 3.8) is 0 Å². The maximum absolute atomic E-state index is 13.6. The summed E-state index contributed by atoms with van der Waals surface area (Å²) in [5.41, 5.74) is 5.82. The van der Waals surface area contributed by atoms with Crippen molar-refractivity contribution in [1.82, 2.24) is 9.97 Å². The number of aromatic nitrogens is 2. The first-order valence-corrected chi connectivity index (χ1v) is 10.8. The number of hydrogen-bond donors (Lipinski definition) is 1. The molecule has 5 aromatic rings. The molecule has 0 aliphatic carbocycles. The molecule has 0 spiro atoms. The lowest BCUT2D eigenvalue weighted by Crippen LogP contribution is -2.10. The second-order valence-corrected chi connectivity index (χ2v) is 8.41. The van der Waals surface area contributed by atoms with Crippen LogP contribution in [0.15, 0.2) is 86.5 Å². The van der Waals surface area contributed by atoms with Crippen molar-refractivity contribution in [2.24, 2.45) is 0 Å². The third-order valence-corrected chi connectivity index (χ3v) is 6.03. The Morgan fingerprint density at radius 1 is 0.806 bits per heavy atom. The number of rotatable bonds is 3. The third-order valence-electron chi connectivity index (χ3n) is 5.31. The predicted octanol–water partition coefficient (Wildman–Crippen LogP) is 6.90. The SMILES string of the molecule is Cc1ccc(-c2oc(-c3ccc(C)cc3)c(-c3nc4ccccc4[nH]3)c(=O)c2Br)cc1. The zero-order valence-corrected chi connectivity index (χ0v) is 18.7. The van der Waals surface area contributed by atoms with Crippen LogP contribution in [0.4, 0.5) is 0 Å². The first kappa shape index (κ1) is 19.5. The van der Waals surface area contributed by atoms with Gasteiger partial charge in [0.15, 0.2) is 5.76 Å². The van der Waals surface area contributed by atoms with Crippen molar-refractivity contribution < 1.29 is 4.42 Å². The van der Waals surface area contributed by atoms with Gasteiger partial charge in [0.2, 0.25) is 5.43 Å². The number of benzene rings is 3. The molecule has 0 fully saturated rings. The zero-order valence-electron chi connectivity index (χ0n) is 17.1. The summed E-state index contributed by atoms with van der Waals surface area (Å²) in [7, 11) is 0. The summed E-state index contributed by atoms with van der Waals surface area (Å²) in [5.74, 6) is 1.48. The Labute approximate surface area is 187 Å². The van der Waals surface area contributed by atoms with Gasteiger partial charge in [-0.05, 0) is 41.9 Å². The molecule has 0 amide bonds. The highest BCUT2D eigenvalue weighted by Crippen LogP contribution is 2.36. The maximum atomic E-state index is 13.6. The Hall–Kier alpha value is -3.44. The molecule has 0 unspecified atom stereocenters. The summed E-state index contributed by atoms with van der Waals surface area (Å²) in [6, 6.07) is 23.6. The van der Waals surface area contributed by atoms with E-state index in [1.54, 1.807) is 0 Å². The van der Waals surface area contributed by atoms with Crippen molar-refractivity contribution in [1.29, 1.82) is 0 Å². The molecular formula is C26H19BrN2O2. The van der Waals surface area contributed by atoms with E-state index in [0.717, 1.165) is 33.3 Å². The molecular weight excluding hydrogens is 452 g/mol. The van der Waals surface area contributed by atoms with Crippen LogP contribution < -0.4 is 5.43 Å². The Morgan fingerprint density at radius 3 is 2.00 bits per heavy atom. The van der Waals surface area contributed by atoms with E-state index in [9.17, 15) is 4.79 Å². The van der Waals surface area contributed by atoms with Crippen molar-refractivity contribution in [3.8, 4) is 34.0 Å². The Bertz CT molecular complexity index is 1430. The molecule has 4 nitrogen and oxygen atoms in total. The molecule has 1 N–H and O–H groups in total. The molecule has 0 aliphatic heterocycles. The van der Waals surface area contributed by atoms with Crippen LogP contribution in [0.3, 0.4) is 0 Å². The van der Waals surface area contributed by atoms with Crippen molar-refractivity contribution >= 4 is 27.0 Å². The highest BCUT2D eigenvalue weighted by atomic mass is 79.9. The molecule has 2 aromatic heterocycles. The fraction of sp³-hybridized carbons (Fsp3) is 0.0769. The minimum atomic E-state index is -0.170. The summed E-state index contributed by atoms with van der Waals surface area (Å²) < 4.78 is 6.79. The molecule has 0 bridgehead atoms. The molecule has 152 valence electrons. The normalized spacial score (nSPS) is 11.2. The van der Waals surface area contributed by atoms with Crippen LogP contribution in [0.2, 0.25) is 0 Å². The molecule has 3 aromatic carbocycles. The van der Waals surface area contributed by atoms with Gasteiger partial charge in [0.25, 0.3) is 0 Å². The molecule has 5 heteroatoms. The van der Waals surface area contributed by atoms with E-state index >= 15 is 0 Å². The minimum absolute atomic E-state index is 0.170. The van der Waals surface area contributed by atoms with Crippen molar-refractivity contribution in [2.45, 2.75) is 13.8 Å². The van der Waals surface area contributed by atoms with E-state index in [0.29, 0.717) is 27.4 Å². The van der Waals surface area contributed by atoms with Crippen LogP contribution in [-0.2, 0) is 0 Å². The number of aromatic amines is 1. The molecule has 0 aliphatic rings. The topological polar surface area (TPSA) is 58.9 Å². The number of hydrogen-bond acceptors (Lipinski definition) is 3. The second-order valence-electron chi connectivity index (χ2n) is 7.61. The summed E-state index contributed by atoms with van der Waals surface area (Å²) in [6.45, 7) is 4.05. The number of imidazole rings is 1. The average Bonchev–Trinajstić information content (AvgIpc) is 3.20. The van der Waals surface area contributed by atoms with Gasteiger partial charge < -0.3 is 9.40 Å². The van der Waals surface area contributed by atoms with Crippen LogP contribution in [0.1, 0.15) is 11.1 Å². The van der Waals surface area contributed by atoms with Gasteiger partial charge in [-0.3, -0.25) is 4.79 Å². The van der Waals surface area contributed by atoms with Gasteiger partial charge in [0, 0.05) is 11.1 Å². The van der Waals surface area contributed by atoms with Gasteiger partial charge in [0.05, 0.1) is 11.0 Å². The smallest absolute Gasteiger partial charge is 0.211 e. The summed E-state index contributed by atoms with van der Waals surface area (Å²) >= 11 is 3.50. The largest absolute Gasteiger partial charge is 0.454 e. The predicted molar refractivity (Wildman–Crippen MR) is 128 cm³/mol. The highest BCUT2D eigenvalue weighted by Gasteiger charge is 2.23. The van der Waals surface area contributed by atoms with Crippen LogP contribution in [0.5, 0.6) is 0 Å². The van der Waals surface area contributed by atoms with E-state index in [2.05, 4.69) is 25.9 Å². The number of H-pyrrole nitrogens is 1. The van der Waals surface area contributed by atoms with Gasteiger partial charge in [-0.1, -0.05) is 71.8 Å². The van der Waals surface area contributed by atoms with Gasteiger partial charge in [-0.15, -0.1) is 0 Å². The Morgan fingerprint density at radius 2 is 1.39 bits per heavy atom. The highest BCUT2D eigenvalue weighted by molar-refractivity contribution is 9.10. The van der Waals surface area contributed by atoms with E-state index in [1.165, 1.54) is 0 Å². The first-order valence-electron chi connectivity index (χ1n) is 9.97. The van der Waals surface area contributed by atoms with Crippen LogP contribution in [0, 0.1) is 13.8 Å². The van der Waals surface area contributed by atoms with Crippen LogP contribution >= 0.6 is 15.9 Å². The summed E-state index contributed by atoms with van der Waals surface area (Å²) in [4.78, 5) is 21.5. The second kappa shape index (κ2) is 7.67. The average molecular weight is 471 g/mol. The molecule has 5 rings (SSSR count). The summed E-state index contributed by atoms with van der Waals surface area (Å²) in [6.07, 6.45) is 0. The lowest BCUT2D eigenvalue weighted by atomic mass is 10.0. The quantitative estimate of drug-likeness (QED) is 0.312. The van der Waals surface area contributed by atoms with E-state index in [1.807, 2.05) is 86.6 Å². The molecule has 0 atom stereocenters. The minimum Gasteiger partial charge on any atom is -0.454 e. The maximum Gasteiger partial charge on any atom is 0.211 e. The number of aryl methyl sites for hydroxylation is 2. The standard InChI is InChI=1S/C26H19BrN2O2/c1-15-7-11-17(12-8-15)24-21(26-28-19-5-3-4-6-20(19)29-26)23(30)22(27)25(31-24)18-13-9-16(2)10-14-18/h3-14H,1-2H3,(H,28,29). The van der Waals surface area contributed by atoms with E-state index < -0.39 is 0 Å². The number of fused-ring (bicyclic) bond motifs is 1. The number of para-hydroxylation sites is 2. The number of halogens is 1. The summed E-state index contributed by atoms with van der Waals surface area (Å²) in [5, 5.41) is 0. The van der Waals surface area contributed by atoms with Gasteiger partial charge in [-0.2, -0.15) is 0 Å². The van der Waals surface area contributed by atoms with E-state index in [4.69, 9.17) is 4.42 Å². The number of nitrogens with one attached hydrogen (secondary N) is 1. The van der Waals surface area contributed by atoms with Crippen molar-refractivity contribution in [2.75, 3.05) is 0 Å². The number of nitrogens with zero attached hydrogens (tertiary/aromatic N) is 1. The van der Waals surface area contributed by atoms with E-state index in [-0.39, 0.29) is 5.43 Å². The van der Waals surface area contributed by atoms with Crippen LogP contribution in [0.25, 0.3) is 45.1 Å². The Kier molecular flexibility index (Phi) is 4.83. The fourth-order valence-electron chi connectivity index (χ4n) is 3.60. The molecule has 0 saturated heterocycles.